The first-order valence-electron chi connectivity index (χ1n) is 10.9. The van der Waals surface area contributed by atoms with E-state index in [1.165, 1.54) is 5.69 Å². The number of halogens is 1. The Bertz CT molecular complexity index is 948. The van der Waals surface area contributed by atoms with Gasteiger partial charge in [-0.3, -0.25) is 9.19 Å². The SMILES string of the molecule is O=[S@]1CCc2nc(C3CCN(c4ccc(Cl)cc4)CC3)cc(NC3(CO)CCC3)c21. The molecule has 3 aliphatic rings. The van der Waals surface area contributed by atoms with Crippen LogP contribution < -0.4 is 10.2 Å². The summed E-state index contributed by atoms with van der Waals surface area (Å²) >= 11 is 6.03. The zero-order chi connectivity index (χ0) is 20.7. The molecule has 1 aromatic carbocycles. The van der Waals surface area contributed by atoms with E-state index in [1.807, 2.05) is 12.1 Å². The Morgan fingerprint density at radius 3 is 2.60 bits per heavy atom. The molecule has 7 heteroatoms. The predicted molar refractivity (Wildman–Crippen MR) is 122 cm³/mol. The second-order valence-electron chi connectivity index (χ2n) is 8.82. The van der Waals surface area contributed by atoms with Crippen LogP contribution in [-0.2, 0) is 17.2 Å². The normalized spacial score (nSPS) is 23.1. The third-order valence-electron chi connectivity index (χ3n) is 6.93. The highest BCUT2D eigenvalue weighted by Crippen LogP contribution is 2.40. The molecule has 2 aromatic rings. The third kappa shape index (κ3) is 3.74. The molecule has 0 unspecified atom stereocenters. The maximum absolute atomic E-state index is 12.6. The number of fused-ring (bicyclic) bond motifs is 1. The lowest BCUT2D eigenvalue weighted by Crippen LogP contribution is -2.48. The summed E-state index contributed by atoms with van der Waals surface area (Å²) in [6.07, 6.45) is 5.91. The first-order chi connectivity index (χ1) is 14.6. The molecule has 160 valence electrons. The third-order valence-corrected chi connectivity index (χ3v) is 8.67. The van der Waals surface area contributed by atoms with Crippen molar-refractivity contribution in [2.24, 2.45) is 0 Å². The summed E-state index contributed by atoms with van der Waals surface area (Å²) in [5.41, 5.74) is 4.00. The first kappa shape index (κ1) is 20.3. The average Bonchev–Trinajstić information content (AvgIpc) is 3.12. The smallest absolute Gasteiger partial charge is 0.0835 e. The summed E-state index contributed by atoms with van der Waals surface area (Å²) in [6.45, 7) is 2.09. The quantitative estimate of drug-likeness (QED) is 0.725. The maximum Gasteiger partial charge on any atom is 0.0835 e. The number of pyridine rings is 1. The van der Waals surface area contributed by atoms with Gasteiger partial charge in [0.15, 0.2) is 0 Å². The van der Waals surface area contributed by atoms with Crippen LogP contribution in [0.15, 0.2) is 35.2 Å². The van der Waals surface area contributed by atoms with Gasteiger partial charge in [0.25, 0.3) is 0 Å². The number of nitrogens with zero attached hydrogens (tertiary/aromatic N) is 2. The van der Waals surface area contributed by atoms with Crippen LogP contribution in [0.5, 0.6) is 0 Å². The molecule has 0 bridgehead atoms. The molecule has 1 aliphatic carbocycles. The second kappa shape index (κ2) is 8.13. The minimum atomic E-state index is -0.995. The van der Waals surface area contributed by atoms with E-state index in [-0.39, 0.29) is 12.1 Å². The van der Waals surface area contributed by atoms with E-state index >= 15 is 0 Å². The second-order valence-corrected chi connectivity index (χ2v) is 10.8. The van der Waals surface area contributed by atoms with Crippen molar-refractivity contribution >= 4 is 33.8 Å². The number of rotatable bonds is 5. The van der Waals surface area contributed by atoms with E-state index in [9.17, 15) is 9.32 Å². The van der Waals surface area contributed by atoms with Gasteiger partial charge in [-0.25, -0.2) is 0 Å². The molecule has 2 fully saturated rings. The number of aliphatic hydroxyl groups excluding tert-OH is 1. The van der Waals surface area contributed by atoms with Crippen LogP contribution in [0.25, 0.3) is 0 Å². The molecule has 1 saturated carbocycles. The predicted octanol–water partition coefficient (Wildman–Crippen LogP) is 4.11. The van der Waals surface area contributed by atoms with Crippen LogP contribution in [0.4, 0.5) is 11.4 Å². The highest BCUT2D eigenvalue weighted by Gasteiger charge is 2.38. The fraction of sp³-hybridized carbons (Fsp3) is 0.522. The monoisotopic (exact) mass is 445 g/mol. The van der Waals surface area contributed by atoms with Crippen molar-refractivity contribution in [1.29, 1.82) is 0 Å². The van der Waals surface area contributed by atoms with Crippen molar-refractivity contribution in [3.05, 3.63) is 46.7 Å². The van der Waals surface area contributed by atoms with Crippen LogP contribution >= 0.6 is 11.6 Å². The van der Waals surface area contributed by atoms with Crippen molar-refractivity contribution < 1.29 is 9.32 Å². The summed E-state index contributed by atoms with van der Waals surface area (Å²) < 4.78 is 12.6. The van der Waals surface area contributed by atoms with E-state index in [0.29, 0.717) is 11.7 Å². The van der Waals surface area contributed by atoms with Crippen molar-refractivity contribution in [2.75, 3.05) is 35.7 Å². The number of aliphatic hydroxyl groups is 1. The van der Waals surface area contributed by atoms with Crippen LogP contribution in [0.2, 0.25) is 5.02 Å². The number of piperidine rings is 1. The van der Waals surface area contributed by atoms with Crippen molar-refractivity contribution in [3.8, 4) is 0 Å². The molecular formula is C23H28ClN3O2S. The van der Waals surface area contributed by atoms with Gasteiger partial charge in [-0.1, -0.05) is 11.6 Å². The highest BCUT2D eigenvalue weighted by atomic mass is 35.5. The maximum atomic E-state index is 12.6. The summed E-state index contributed by atoms with van der Waals surface area (Å²) in [5, 5.41) is 14.3. The van der Waals surface area contributed by atoms with Gasteiger partial charge in [-0.05, 0) is 62.4 Å². The van der Waals surface area contributed by atoms with Gasteiger partial charge in [0.1, 0.15) is 0 Å². The molecule has 5 nitrogen and oxygen atoms in total. The lowest BCUT2D eigenvalue weighted by atomic mass is 9.77. The van der Waals surface area contributed by atoms with E-state index in [2.05, 4.69) is 28.4 Å². The Morgan fingerprint density at radius 1 is 1.23 bits per heavy atom. The lowest BCUT2D eigenvalue weighted by Gasteiger charge is -2.42. The zero-order valence-corrected chi connectivity index (χ0v) is 18.6. The summed E-state index contributed by atoms with van der Waals surface area (Å²) in [4.78, 5) is 8.24. The molecular weight excluding hydrogens is 418 g/mol. The Balaban J connectivity index is 1.37. The van der Waals surface area contributed by atoms with E-state index in [1.54, 1.807) is 0 Å². The number of benzene rings is 1. The number of aromatic nitrogens is 1. The van der Waals surface area contributed by atoms with Gasteiger partial charge in [0.2, 0.25) is 0 Å². The fourth-order valence-corrected chi connectivity index (χ4v) is 6.40. The topological polar surface area (TPSA) is 65.5 Å². The molecule has 30 heavy (non-hydrogen) atoms. The molecule has 0 radical (unpaired) electrons. The van der Waals surface area contributed by atoms with Crippen LogP contribution in [0.3, 0.4) is 0 Å². The highest BCUT2D eigenvalue weighted by molar-refractivity contribution is 7.85. The fourth-order valence-electron chi connectivity index (χ4n) is 4.92. The molecule has 1 atom stereocenters. The minimum absolute atomic E-state index is 0.117. The van der Waals surface area contributed by atoms with Crippen LogP contribution in [0.1, 0.15) is 49.4 Å². The van der Waals surface area contributed by atoms with Crippen molar-refractivity contribution in [2.45, 2.75) is 54.9 Å². The van der Waals surface area contributed by atoms with E-state index in [0.717, 1.165) is 78.6 Å². The number of anilines is 2. The molecule has 0 amide bonds. The van der Waals surface area contributed by atoms with Gasteiger partial charge in [-0.2, -0.15) is 0 Å². The lowest BCUT2D eigenvalue weighted by molar-refractivity contribution is 0.144. The Labute approximate surface area is 185 Å². The molecule has 5 rings (SSSR count). The Morgan fingerprint density at radius 2 is 1.97 bits per heavy atom. The number of hydrogen-bond donors (Lipinski definition) is 2. The summed E-state index contributed by atoms with van der Waals surface area (Å²) in [5.74, 6) is 1.06. The van der Waals surface area contributed by atoms with Gasteiger partial charge in [-0.15, -0.1) is 0 Å². The van der Waals surface area contributed by atoms with Crippen LogP contribution in [0, 0.1) is 0 Å². The standard InChI is InChI=1S/C23H28ClN3O2S/c24-17-2-4-18(5-3-17)27-11-6-16(7-12-27)20-14-21(26-23(15-28)9-1-10-23)22-19(25-20)8-13-30(22)29/h2-5,14,16,28H,1,6-13,15H2,(H,25,26)/t30-/m0/s1. The molecule has 2 N–H and O–H groups in total. The molecule has 3 heterocycles. The van der Waals surface area contributed by atoms with Gasteiger partial charge >= 0.3 is 0 Å². The average molecular weight is 446 g/mol. The minimum Gasteiger partial charge on any atom is -0.394 e. The van der Waals surface area contributed by atoms with Crippen LogP contribution in [-0.4, -0.2) is 45.3 Å². The zero-order valence-electron chi connectivity index (χ0n) is 17.1. The van der Waals surface area contributed by atoms with Crippen molar-refractivity contribution in [3.63, 3.8) is 0 Å². The van der Waals surface area contributed by atoms with Crippen molar-refractivity contribution in [1.82, 2.24) is 4.98 Å². The molecule has 1 saturated heterocycles. The number of nitrogens with one attached hydrogen (secondary N) is 1. The van der Waals surface area contributed by atoms with Gasteiger partial charge in [0, 0.05) is 47.6 Å². The van der Waals surface area contributed by atoms with E-state index < -0.39 is 10.8 Å². The van der Waals surface area contributed by atoms with Gasteiger partial charge < -0.3 is 15.3 Å². The molecule has 0 spiro atoms. The first-order valence-corrected chi connectivity index (χ1v) is 12.6. The summed E-state index contributed by atoms with van der Waals surface area (Å²) in [6, 6.07) is 10.2. The van der Waals surface area contributed by atoms with E-state index in [4.69, 9.17) is 16.6 Å². The summed E-state index contributed by atoms with van der Waals surface area (Å²) in [7, 11) is -0.995. The van der Waals surface area contributed by atoms with Gasteiger partial charge in [0.05, 0.1) is 39.2 Å². The molecule has 2 aliphatic heterocycles. The Kier molecular flexibility index (Phi) is 5.50. The molecule has 1 aromatic heterocycles. The largest absolute Gasteiger partial charge is 0.394 e. The number of aryl methyl sites for hydroxylation is 1. The Hall–Kier alpha value is -1.63. The number of hydrogen-bond acceptors (Lipinski definition) is 5.